The smallest absolute Gasteiger partial charge is 0.255 e. The molecule has 0 aliphatic carbocycles. The Hall–Kier alpha value is -3.09. The molecule has 0 heterocycles. The molecule has 4 N–H and O–H groups in total. The number of unbranched alkanes of at least 4 members (excludes halogenated alkanes) is 2. The lowest BCUT2D eigenvalue weighted by atomic mass is 10.1. The summed E-state index contributed by atoms with van der Waals surface area (Å²) < 4.78 is 26.6. The third kappa shape index (κ3) is 30.3. The minimum Gasteiger partial charge on any atom is -0.507 e. The van der Waals surface area contributed by atoms with Crippen LogP contribution in [0.2, 0.25) is 0 Å². The second-order valence-corrected chi connectivity index (χ2v) is 13.1. The van der Waals surface area contributed by atoms with Gasteiger partial charge in [0, 0.05) is 62.2 Å². The van der Waals surface area contributed by atoms with Gasteiger partial charge in [0.2, 0.25) is 11.8 Å². The number of rotatable bonds is 31. The van der Waals surface area contributed by atoms with Crippen LogP contribution in [0.4, 0.5) is 5.69 Å². The van der Waals surface area contributed by atoms with Gasteiger partial charge in [0.05, 0.1) is 71.6 Å². The van der Waals surface area contributed by atoms with Crippen LogP contribution in [0.1, 0.15) is 62.2 Å². The molecule has 290 valence electrons. The van der Waals surface area contributed by atoms with Crippen LogP contribution in [0.3, 0.4) is 0 Å². The molecule has 1 aromatic carbocycles. The van der Waals surface area contributed by atoms with Crippen molar-refractivity contribution >= 4 is 50.8 Å². The Labute approximate surface area is 309 Å². The average Bonchev–Trinajstić information content (AvgIpc) is 3.11. The molecule has 0 bridgehead atoms. The topological polar surface area (TPSA) is 220 Å². The van der Waals surface area contributed by atoms with E-state index in [1.54, 1.807) is 28.6 Å². The lowest BCUT2D eigenvalue weighted by Crippen LogP contribution is -2.24. The van der Waals surface area contributed by atoms with Crippen LogP contribution in [-0.4, -0.2) is 127 Å². The van der Waals surface area contributed by atoms with Crippen LogP contribution in [0.15, 0.2) is 23.3 Å². The van der Waals surface area contributed by atoms with Gasteiger partial charge in [-0.2, -0.15) is 0 Å². The number of azide groups is 1. The summed E-state index contributed by atoms with van der Waals surface area (Å²) in [5.74, 6) is 0.506. The minimum atomic E-state index is -0.379. The molecule has 0 aliphatic rings. The number of benzene rings is 1. The highest BCUT2D eigenvalue weighted by molar-refractivity contribution is 8.76. The Morgan fingerprint density at radius 3 is 1.86 bits per heavy atom. The third-order valence-corrected chi connectivity index (χ3v) is 8.29. The van der Waals surface area contributed by atoms with Gasteiger partial charge in [0.15, 0.2) is 0 Å². The molecule has 16 nitrogen and oxygen atoms in total. The number of ketones is 1. The molecule has 0 unspecified atom stereocenters. The maximum atomic E-state index is 12.0. The predicted molar refractivity (Wildman–Crippen MR) is 199 cm³/mol. The first-order valence-electron chi connectivity index (χ1n) is 17.0. The summed E-state index contributed by atoms with van der Waals surface area (Å²) in [5, 5.41) is 21.1. The summed E-state index contributed by atoms with van der Waals surface area (Å²) in [4.78, 5) is 48.3. The van der Waals surface area contributed by atoms with Gasteiger partial charge in [-0.15, -0.1) is 0 Å². The first kappa shape index (κ1) is 47.9. The largest absolute Gasteiger partial charge is 0.507 e. The quantitative estimate of drug-likeness (QED) is 0.0273. The summed E-state index contributed by atoms with van der Waals surface area (Å²) in [5.41, 5.74) is 8.72. The van der Waals surface area contributed by atoms with E-state index in [-0.39, 0.29) is 40.5 Å². The van der Waals surface area contributed by atoms with Gasteiger partial charge in [-0.05, 0) is 43.7 Å². The number of phenolic OH excluding ortho intramolecular Hbond substituents is 1. The van der Waals surface area contributed by atoms with Crippen molar-refractivity contribution in [2.24, 2.45) is 5.11 Å². The highest BCUT2D eigenvalue weighted by Gasteiger charge is 2.11. The van der Waals surface area contributed by atoms with E-state index in [0.717, 1.165) is 25.0 Å². The Morgan fingerprint density at radius 1 is 0.784 bits per heavy atom. The van der Waals surface area contributed by atoms with Crippen LogP contribution in [-0.2, 0) is 38.1 Å². The van der Waals surface area contributed by atoms with Crippen LogP contribution >= 0.6 is 21.6 Å². The Morgan fingerprint density at radius 2 is 1.35 bits per heavy atom. The molecule has 0 fully saturated rings. The van der Waals surface area contributed by atoms with Crippen molar-refractivity contribution in [2.45, 2.75) is 51.9 Å². The molecule has 18 heteroatoms. The highest BCUT2D eigenvalue weighted by atomic mass is 33.1. The van der Waals surface area contributed by atoms with E-state index in [9.17, 15) is 24.3 Å². The normalized spacial score (nSPS) is 10.4. The van der Waals surface area contributed by atoms with E-state index < -0.39 is 0 Å². The van der Waals surface area contributed by atoms with Crippen molar-refractivity contribution in [2.75, 3.05) is 98.2 Å². The third-order valence-electron chi connectivity index (χ3n) is 6.47. The lowest BCUT2D eigenvalue weighted by molar-refractivity contribution is -0.122. The zero-order chi connectivity index (χ0) is 37.8. The minimum absolute atomic E-state index is 0.000468. The van der Waals surface area contributed by atoms with Crippen molar-refractivity contribution in [3.8, 4) is 5.75 Å². The summed E-state index contributed by atoms with van der Waals surface area (Å²) in [6.45, 7) is 7.62. The maximum absolute atomic E-state index is 12.0. The number of Topliss-reactive ketones (excluding diaryl/α,β-unsaturated/α-hetero) is 1. The monoisotopic (exact) mass is 760 g/mol. The molecule has 0 radical (unpaired) electrons. The van der Waals surface area contributed by atoms with Gasteiger partial charge in [-0.1, -0.05) is 39.2 Å². The van der Waals surface area contributed by atoms with E-state index in [1.807, 2.05) is 13.2 Å². The van der Waals surface area contributed by atoms with E-state index >= 15 is 0 Å². The standard InChI is InChI=1S/C17H34N2O7.C16H22N4O3S2/c1-3-19-17(21)5-7-23-9-11-25-13-15-26-14-12-24-10-8-22-6-4-16(20)18-2;1-24-25-10-8-13(21)5-3-2-4-9-18-16(23)14-7-6-12(19-20-17)11-15(14)22/h3-15H2,1-2H3,(H,18,20)(H,19,21);6-7,11,22H,2-5,8-10H2,1H3,(H,18,23). The molecule has 0 spiro atoms. The van der Waals surface area contributed by atoms with Crippen LogP contribution in [0, 0.1) is 0 Å². The number of hydrogen-bond donors (Lipinski definition) is 4. The van der Waals surface area contributed by atoms with E-state index in [0.29, 0.717) is 105 Å². The average molecular weight is 761 g/mol. The molecule has 0 aromatic heterocycles. The van der Waals surface area contributed by atoms with E-state index in [2.05, 4.69) is 26.0 Å². The van der Waals surface area contributed by atoms with E-state index in [1.165, 1.54) is 18.2 Å². The van der Waals surface area contributed by atoms with Crippen molar-refractivity contribution in [1.82, 2.24) is 16.0 Å². The van der Waals surface area contributed by atoms with Gasteiger partial charge < -0.3 is 44.7 Å². The van der Waals surface area contributed by atoms with Gasteiger partial charge in [0.1, 0.15) is 11.5 Å². The fourth-order valence-electron chi connectivity index (χ4n) is 3.83. The first-order chi connectivity index (χ1) is 24.8. The fraction of sp³-hybridized carbons (Fsp3) is 0.697. The van der Waals surface area contributed by atoms with Gasteiger partial charge >= 0.3 is 0 Å². The van der Waals surface area contributed by atoms with Crippen molar-refractivity contribution in [1.29, 1.82) is 0 Å². The number of nitrogens with one attached hydrogen (secondary N) is 3. The molecule has 1 aromatic rings. The van der Waals surface area contributed by atoms with Crippen molar-refractivity contribution in [3.63, 3.8) is 0 Å². The number of aromatic hydroxyl groups is 1. The zero-order valence-electron chi connectivity index (χ0n) is 30.2. The van der Waals surface area contributed by atoms with E-state index in [4.69, 9.17) is 29.2 Å². The number of phenols is 1. The first-order valence-corrected chi connectivity index (χ1v) is 19.7. The Kier molecular flexibility index (Phi) is 33.2. The van der Waals surface area contributed by atoms with Crippen LogP contribution in [0.25, 0.3) is 10.4 Å². The van der Waals surface area contributed by atoms with Gasteiger partial charge in [-0.3, -0.25) is 19.2 Å². The molecule has 51 heavy (non-hydrogen) atoms. The fourth-order valence-corrected chi connectivity index (χ4v) is 5.06. The van der Waals surface area contributed by atoms with Gasteiger partial charge in [-0.25, -0.2) is 0 Å². The number of nitrogens with zero attached hydrogens (tertiary/aromatic N) is 3. The number of carbonyl (C=O) groups is 4. The predicted octanol–water partition coefficient (Wildman–Crippen LogP) is 4.33. The zero-order valence-corrected chi connectivity index (χ0v) is 31.8. The molecule has 0 saturated heterocycles. The summed E-state index contributed by atoms with van der Waals surface area (Å²) >= 11 is 0. The molecular formula is C33H56N6O10S2. The molecule has 1 rings (SSSR count). The van der Waals surface area contributed by atoms with Crippen molar-refractivity contribution in [3.05, 3.63) is 34.2 Å². The molecule has 3 amide bonds. The number of amides is 3. The molecular weight excluding hydrogens is 705 g/mol. The molecule has 0 aliphatic heterocycles. The van der Waals surface area contributed by atoms with Crippen LogP contribution < -0.4 is 16.0 Å². The summed E-state index contributed by atoms with van der Waals surface area (Å²) in [6, 6.07) is 4.13. The molecule has 0 atom stereocenters. The Balaban J connectivity index is 0.000000981. The number of carbonyl (C=O) groups excluding carboxylic acids is 4. The highest BCUT2D eigenvalue weighted by Crippen LogP contribution is 2.24. The SMILES string of the molecule is CCNC(=O)CCOCCOCCOCCOCCOCCC(=O)NC.CSSCCC(=O)CCCCCNC(=O)c1ccc(N=[N+]=[N-])cc1O. The summed E-state index contributed by atoms with van der Waals surface area (Å²) in [7, 11) is 4.96. The lowest BCUT2D eigenvalue weighted by Gasteiger charge is -2.08. The maximum Gasteiger partial charge on any atom is 0.255 e. The Bertz CT molecular complexity index is 1150. The molecule has 0 saturated carbocycles. The second kappa shape index (κ2) is 35.3. The summed E-state index contributed by atoms with van der Waals surface area (Å²) in [6.07, 6.45) is 6.40. The number of hydrogen-bond acceptors (Lipinski definition) is 13. The number of ether oxygens (including phenoxy) is 5. The van der Waals surface area contributed by atoms with Crippen molar-refractivity contribution < 1.29 is 48.0 Å². The van der Waals surface area contributed by atoms with Gasteiger partial charge in [0.25, 0.3) is 5.91 Å². The second-order valence-electron chi connectivity index (χ2n) is 10.4. The van der Waals surface area contributed by atoms with Crippen LogP contribution in [0.5, 0.6) is 5.75 Å².